The number of anilines is 2. The van der Waals surface area contributed by atoms with Crippen molar-refractivity contribution in [3.8, 4) is 0 Å². The molecule has 15 heteroatoms. The minimum Gasteiger partial charge on any atom is -0.480 e. The summed E-state index contributed by atoms with van der Waals surface area (Å²) in [5.74, 6) is -5.14. The third-order valence-corrected chi connectivity index (χ3v) is 5.44. The number of rotatable bonds is 12. The number of carboxylic acids is 4. The second kappa shape index (κ2) is 12.7. The molecule has 1 aliphatic heterocycles. The molecule has 1 fully saturated rings. The predicted molar refractivity (Wildman–Crippen MR) is 124 cm³/mol. The Morgan fingerprint density at radius 2 is 1.33 bits per heavy atom. The molecule has 1 aromatic rings. The van der Waals surface area contributed by atoms with Crippen molar-refractivity contribution >= 4 is 41.3 Å². The van der Waals surface area contributed by atoms with Gasteiger partial charge in [0.25, 0.3) is 0 Å². The lowest BCUT2D eigenvalue weighted by molar-refractivity contribution is -0.149. The first-order valence-corrected chi connectivity index (χ1v) is 10.7. The number of benzene rings is 1. The second-order valence-electron chi connectivity index (χ2n) is 8.40. The largest absolute Gasteiger partial charge is 0.480 e. The zero-order chi connectivity index (χ0) is 26.9. The molecule has 0 aliphatic carbocycles. The number of carboxylic acid groups (broad SMARTS) is 4. The molecule has 7 N–H and O–H groups in total. The van der Waals surface area contributed by atoms with E-state index in [1.165, 1.54) is 34.1 Å². The average molecular weight is 511 g/mol. The highest BCUT2D eigenvalue weighted by Crippen LogP contribution is 2.24. The van der Waals surface area contributed by atoms with Gasteiger partial charge in [0.05, 0.1) is 31.7 Å². The molecule has 0 spiro atoms. The monoisotopic (exact) mass is 511 g/mol. The van der Waals surface area contributed by atoms with Crippen LogP contribution in [0.5, 0.6) is 0 Å². The quantitative estimate of drug-likeness (QED) is 0.182. The molecule has 15 nitrogen and oxygen atoms in total. The van der Waals surface area contributed by atoms with Gasteiger partial charge in [-0.15, -0.1) is 0 Å². The molecule has 0 atom stereocenters. The van der Waals surface area contributed by atoms with Crippen molar-refractivity contribution in [3.63, 3.8) is 0 Å². The van der Waals surface area contributed by atoms with Gasteiger partial charge in [-0.3, -0.25) is 39.2 Å². The molecule has 1 heterocycles. The summed E-state index contributed by atoms with van der Waals surface area (Å²) in [5, 5.41) is 40.0. The molecule has 1 aliphatic rings. The lowest BCUT2D eigenvalue weighted by atomic mass is 9.96. The number of carbonyl (C=O) groups excluding carboxylic acids is 1. The predicted octanol–water partition coefficient (Wildman–Crippen LogP) is -1.19. The summed E-state index contributed by atoms with van der Waals surface area (Å²) < 4.78 is 5.37. The number of nitrogens with zero attached hydrogens (tertiary/aromatic N) is 3. The SMILES string of the molecule is Nc1ccc(NC(=O)OCC2(N(CC(=O)O)CC(=O)O)CN(CC(=O)O)CCN(CC(=O)O)C2)cc1. The van der Waals surface area contributed by atoms with Crippen LogP contribution in [0.2, 0.25) is 0 Å². The summed E-state index contributed by atoms with van der Waals surface area (Å²) in [5.41, 5.74) is 4.85. The zero-order valence-corrected chi connectivity index (χ0v) is 19.3. The maximum absolute atomic E-state index is 12.5. The summed E-state index contributed by atoms with van der Waals surface area (Å²) in [7, 11) is 0. The first-order valence-electron chi connectivity index (χ1n) is 10.7. The van der Waals surface area contributed by atoms with Crippen LogP contribution < -0.4 is 11.1 Å². The summed E-state index contributed by atoms with van der Waals surface area (Å²) in [6.07, 6.45) is -0.941. The number of nitrogens with two attached hydrogens (primary N) is 1. The Kier molecular flexibility index (Phi) is 9.95. The van der Waals surface area contributed by atoms with Crippen LogP contribution in [-0.2, 0) is 23.9 Å². The number of nitrogen functional groups attached to an aromatic ring is 1. The van der Waals surface area contributed by atoms with Crippen molar-refractivity contribution in [1.82, 2.24) is 14.7 Å². The Hall–Kier alpha value is -3.95. The van der Waals surface area contributed by atoms with Gasteiger partial charge < -0.3 is 30.9 Å². The summed E-state index contributed by atoms with van der Waals surface area (Å²) in [6.45, 7) is -3.27. The molecule has 198 valence electrons. The van der Waals surface area contributed by atoms with Gasteiger partial charge in [-0.05, 0) is 24.3 Å². The van der Waals surface area contributed by atoms with Gasteiger partial charge in [-0.1, -0.05) is 0 Å². The lowest BCUT2D eigenvalue weighted by Crippen LogP contribution is -2.64. The Labute approximate surface area is 205 Å². The number of hydrogen-bond donors (Lipinski definition) is 6. The van der Waals surface area contributed by atoms with Crippen LogP contribution in [0.3, 0.4) is 0 Å². The van der Waals surface area contributed by atoms with E-state index >= 15 is 0 Å². The first kappa shape index (κ1) is 28.3. The van der Waals surface area contributed by atoms with E-state index in [1.807, 2.05) is 0 Å². The minimum absolute atomic E-state index is 0.104. The molecule has 0 unspecified atom stereocenters. The minimum atomic E-state index is -1.57. The molecule has 0 aromatic heterocycles. The highest BCUT2D eigenvalue weighted by molar-refractivity contribution is 5.84. The van der Waals surface area contributed by atoms with Crippen LogP contribution in [0.1, 0.15) is 0 Å². The molecule has 0 saturated carbocycles. The highest BCUT2D eigenvalue weighted by atomic mass is 16.5. The van der Waals surface area contributed by atoms with Crippen LogP contribution in [0.25, 0.3) is 0 Å². The van der Waals surface area contributed by atoms with Gasteiger partial charge in [0.1, 0.15) is 6.61 Å². The van der Waals surface area contributed by atoms with Gasteiger partial charge in [0.2, 0.25) is 0 Å². The molecular formula is C21H29N5O10. The van der Waals surface area contributed by atoms with E-state index in [4.69, 9.17) is 10.5 Å². The van der Waals surface area contributed by atoms with E-state index in [0.29, 0.717) is 11.4 Å². The van der Waals surface area contributed by atoms with Gasteiger partial charge >= 0.3 is 30.0 Å². The van der Waals surface area contributed by atoms with E-state index in [0.717, 1.165) is 4.90 Å². The topological polar surface area (TPSA) is 223 Å². The molecule has 1 saturated heterocycles. The summed E-state index contributed by atoms with van der Waals surface area (Å²) in [6, 6.07) is 6.11. The van der Waals surface area contributed by atoms with Crippen molar-refractivity contribution in [2.75, 3.05) is 70.0 Å². The number of amides is 1. The van der Waals surface area contributed by atoms with Crippen molar-refractivity contribution < 1.29 is 49.1 Å². The number of nitrogens with one attached hydrogen (secondary N) is 1. The van der Waals surface area contributed by atoms with Gasteiger partial charge in [-0.25, -0.2) is 4.79 Å². The Morgan fingerprint density at radius 3 is 1.75 bits per heavy atom. The average Bonchev–Trinajstić information content (AvgIpc) is 2.92. The molecule has 2 rings (SSSR count). The highest BCUT2D eigenvalue weighted by Gasteiger charge is 2.45. The van der Waals surface area contributed by atoms with Crippen LogP contribution >= 0.6 is 0 Å². The van der Waals surface area contributed by atoms with Crippen LogP contribution in [0.15, 0.2) is 24.3 Å². The van der Waals surface area contributed by atoms with E-state index < -0.39 is 68.3 Å². The third kappa shape index (κ3) is 9.01. The smallest absolute Gasteiger partial charge is 0.411 e. The fourth-order valence-corrected chi connectivity index (χ4v) is 4.00. The fourth-order valence-electron chi connectivity index (χ4n) is 4.00. The van der Waals surface area contributed by atoms with E-state index in [2.05, 4.69) is 5.32 Å². The standard InChI is InChI=1S/C21H29N5O10/c22-14-1-3-15(4-2-14)23-20(35)36-13-21(26(9-18(31)32)10-19(33)34)11-24(7-16(27)28)5-6-25(12-21)8-17(29)30/h1-4H,5-13,22H2,(H,23,35)(H,27,28)(H,29,30)(H,31,32)(H,33,34). The van der Waals surface area contributed by atoms with Gasteiger partial charge in [0.15, 0.2) is 0 Å². The maximum Gasteiger partial charge on any atom is 0.411 e. The summed E-state index contributed by atoms with van der Waals surface area (Å²) in [4.78, 5) is 62.4. The number of aliphatic carboxylic acids is 4. The summed E-state index contributed by atoms with van der Waals surface area (Å²) >= 11 is 0. The van der Waals surface area contributed by atoms with E-state index in [9.17, 15) is 44.4 Å². The first-order chi connectivity index (χ1) is 16.9. The van der Waals surface area contributed by atoms with E-state index in [1.54, 1.807) is 0 Å². The van der Waals surface area contributed by atoms with Crippen LogP contribution in [0, 0.1) is 0 Å². The maximum atomic E-state index is 12.5. The van der Waals surface area contributed by atoms with E-state index in [-0.39, 0.29) is 26.2 Å². The van der Waals surface area contributed by atoms with Crippen molar-refractivity contribution in [2.24, 2.45) is 0 Å². The number of carbonyl (C=O) groups is 5. The molecule has 36 heavy (non-hydrogen) atoms. The molecule has 1 amide bonds. The molecule has 1 aromatic carbocycles. The number of ether oxygens (including phenoxy) is 1. The Balaban J connectivity index is 2.41. The number of hydrogen-bond acceptors (Lipinski definition) is 10. The molecule has 0 radical (unpaired) electrons. The lowest BCUT2D eigenvalue weighted by Gasteiger charge is -2.44. The van der Waals surface area contributed by atoms with Crippen molar-refractivity contribution in [1.29, 1.82) is 0 Å². The Morgan fingerprint density at radius 1 is 0.861 bits per heavy atom. The Bertz CT molecular complexity index is 928. The van der Waals surface area contributed by atoms with Crippen molar-refractivity contribution in [2.45, 2.75) is 5.54 Å². The van der Waals surface area contributed by atoms with Crippen LogP contribution in [-0.4, -0.2) is 130 Å². The van der Waals surface area contributed by atoms with Gasteiger partial charge in [0, 0.05) is 37.6 Å². The van der Waals surface area contributed by atoms with Gasteiger partial charge in [-0.2, -0.15) is 0 Å². The second-order valence-corrected chi connectivity index (χ2v) is 8.40. The third-order valence-electron chi connectivity index (χ3n) is 5.44. The van der Waals surface area contributed by atoms with Crippen LogP contribution in [0.4, 0.5) is 16.2 Å². The molecular weight excluding hydrogens is 482 g/mol. The zero-order valence-electron chi connectivity index (χ0n) is 19.3. The van der Waals surface area contributed by atoms with Crippen molar-refractivity contribution in [3.05, 3.63) is 24.3 Å². The fraction of sp³-hybridized carbons (Fsp3) is 0.476. The normalized spacial score (nSPS) is 16.1. The molecule has 0 bridgehead atoms.